The van der Waals surface area contributed by atoms with E-state index >= 15 is 0 Å². The molecular weight excluding hydrogens is 389 g/mol. The quantitative estimate of drug-likeness (QED) is 0.675. The lowest BCUT2D eigenvalue weighted by atomic mass is 10.1. The number of halogens is 3. The Bertz CT molecular complexity index is 813. The van der Waals surface area contributed by atoms with Crippen molar-refractivity contribution in [2.45, 2.75) is 30.2 Å². The van der Waals surface area contributed by atoms with Gasteiger partial charge < -0.3 is 10.2 Å². The Balaban J connectivity index is 2.02. The number of hydrogen-bond acceptors (Lipinski definition) is 3. The van der Waals surface area contributed by atoms with E-state index in [-0.39, 0.29) is 24.7 Å². The molecule has 0 aliphatic heterocycles. The van der Waals surface area contributed by atoms with E-state index in [9.17, 15) is 22.8 Å². The Morgan fingerprint density at radius 2 is 1.68 bits per heavy atom. The van der Waals surface area contributed by atoms with E-state index in [1.54, 1.807) is 13.8 Å². The molecule has 0 heterocycles. The van der Waals surface area contributed by atoms with Crippen molar-refractivity contribution in [3.63, 3.8) is 0 Å². The molecule has 0 aliphatic rings. The number of anilines is 1. The molecule has 0 aliphatic carbocycles. The number of benzene rings is 2. The molecule has 0 bridgehead atoms. The predicted molar refractivity (Wildman–Crippen MR) is 104 cm³/mol. The molecular formula is C20H21F3N2O2S. The predicted octanol–water partition coefficient (Wildman–Crippen LogP) is 4.67. The Hall–Kier alpha value is -2.48. The van der Waals surface area contributed by atoms with Gasteiger partial charge in [0.1, 0.15) is 0 Å². The maximum Gasteiger partial charge on any atom is 0.418 e. The van der Waals surface area contributed by atoms with Crippen LogP contribution in [0.5, 0.6) is 0 Å². The zero-order valence-corrected chi connectivity index (χ0v) is 16.3. The van der Waals surface area contributed by atoms with Crippen molar-refractivity contribution in [1.82, 2.24) is 4.90 Å². The first-order valence-electron chi connectivity index (χ1n) is 8.69. The maximum absolute atomic E-state index is 13.0. The van der Waals surface area contributed by atoms with Gasteiger partial charge in [-0.3, -0.25) is 9.59 Å². The van der Waals surface area contributed by atoms with Gasteiger partial charge in [0.25, 0.3) is 0 Å². The van der Waals surface area contributed by atoms with Gasteiger partial charge in [-0.25, -0.2) is 0 Å². The lowest BCUT2D eigenvalue weighted by Gasteiger charge is -2.24. The third kappa shape index (κ3) is 6.02. The number of alkyl halides is 3. The lowest BCUT2D eigenvalue weighted by Crippen LogP contribution is -2.41. The molecule has 2 aromatic rings. The average molecular weight is 410 g/mol. The van der Waals surface area contributed by atoms with Gasteiger partial charge in [0.2, 0.25) is 11.8 Å². The number of nitrogens with one attached hydrogen (secondary N) is 1. The number of rotatable bonds is 7. The molecule has 2 amide bonds. The summed E-state index contributed by atoms with van der Waals surface area (Å²) in [6.07, 6.45) is -4.58. The van der Waals surface area contributed by atoms with Crippen LogP contribution in [0.25, 0.3) is 0 Å². The van der Waals surface area contributed by atoms with E-state index in [1.807, 2.05) is 30.3 Å². The smallest absolute Gasteiger partial charge is 0.333 e. The largest absolute Gasteiger partial charge is 0.418 e. The first-order chi connectivity index (χ1) is 13.2. The van der Waals surface area contributed by atoms with Gasteiger partial charge in [-0.2, -0.15) is 13.2 Å². The number of likely N-dealkylation sites (N-methyl/N-ethyl adjacent to an activating group) is 1. The van der Waals surface area contributed by atoms with E-state index < -0.39 is 22.9 Å². The molecule has 1 atom stereocenters. The van der Waals surface area contributed by atoms with Crippen LogP contribution < -0.4 is 5.32 Å². The summed E-state index contributed by atoms with van der Waals surface area (Å²) in [7, 11) is 0. The van der Waals surface area contributed by atoms with Crippen LogP contribution in [-0.4, -0.2) is 35.1 Å². The van der Waals surface area contributed by atoms with Gasteiger partial charge in [0.05, 0.1) is 23.0 Å². The Morgan fingerprint density at radius 1 is 1.07 bits per heavy atom. The second kappa shape index (κ2) is 9.64. The number of thioether (sulfide) groups is 1. The van der Waals surface area contributed by atoms with Crippen molar-refractivity contribution in [3.8, 4) is 0 Å². The summed E-state index contributed by atoms with van der Waals surface area (Å²) >= 11 is 1.36. The molecule has 0 spiro atoms. The Labute approximate surface area is 166 Å². The summed E-state index contributed by atoms with van der Waals surface area (Å²) in [4.78, 5) is 27.1. The molecule has 1 N–H and O–H groups in total. The number of nitrogens with zero attached hydrogens (tertiary/aromatic N) is 1. The fourth-order valence-electron chi connectivity index (χ4n) is 2.56. The molecule has 0 aromatic heterocycles. The minimum absolute atomic E-state index is 0.254. The van der Waals surface area contributed by atoms with Crippen LogP contribution in [0.3, 0.4) is 0 Å². The number of para-hydroxylation sites is 1. The zero-order chi connectivity index (χ0) is 20.7. The van der Waals surface area contributed by atoms with E-state index in [4.69, 9.17) is 0 Å². The summed E-state index contributed by atoms with van der Waals surface area (Å²) in [5.74, 6) is -0.931. The van der Waals surface area contributed by atoms with Crippen molar-refractivity contribution >= 4 is 29.3 Å². The SMILES string of the molecule is CCN(CC(=O)Nc1ccccc1C(F)(F)F)C(=O)C(C)Sc1ccccc1. The van der Waals surface area contributed by atoms with Gasteiger partial charge in [-0.15, -0.1) is 11.8 Å². The Kier molecular flexibility index (Phi) is 7.51. The molecule has 2 rings (SSSR count). The molecule has 0 saturated carbocycles. The summed E-state index contributed by atoms with van der Waals surface area (Å²) < 4.78 is 39.1. The van der Waals surface area contributed by atoms with Crippen LogP contribution >= 0.6 is 11.8 Å². The summed E-state index contributed by atoms with van der Waals surface area (Å²) in [6.45, 7) is 3.41. The van der Waals surface area contributed by atoms with Gasteiger partial charge in [0.15, 0.2) is 0 Å². The van der Waals surface area contributed by atoms with Crippen LogP contribution in [0.15, 0.2) is 59.5 Å². The summed E-state index contributed by atoms with van der Waals surface area (Å²) in [5.41, 5.74) is -1.25. The monoisotopic (exact) mass is 410 g/mol. The standard InChI is InChI=1S/C20H21F3N2O2S/c1-3-25(19(27)14(2)28-15-9-5-4-6-10-15)13-18(26)24-17-12-8-7-11-16(17)20(21,22)23/h4-12,14H,3,13H2,1-2H3,(H,24,26). The van der Waals surface area contributed by atoms with E-state index in [0.717, 1.165) is 11.0 Å². The van der Waals surface area contributed by atoms with Gasteiger partial charge in [0, 0.05) is 11.4 Å². The van der Waals surface area contributed by atoms with Crippen LogP contribution in [-0.2, 0) is 15.8 Å². The minimum atomic E-state index is -4.58. The number of amides is 2. The topological polar surface area (TPSA) is 49.4 Å². The van der Waals surface area contributed by atoms with E-state index in [1.165, 1.54) is 34.9 Å². The van der Waals surface area contributed by atoms with Crippen molar-refractivity contribution in [3.05, 3.63) is 60.2 Å². The van der Waals surface area contributed by atoms with Crippen molar-refractivity contribution in [2.24, 2.45) is 0 Å². The molecule has 2 aromatic carbocycles. The minimum Gasteiger partial charge on any atom is -0.333 e. The second-order valence-electron chi connectivity index (χ2n) is 6.02. The van der Waals surface area contributed by atoms with Crippen molar-refractivity contribution in [2.75, 3.05) is 18.4 Å². The molecule has 4 nitrogen and oxygen atoms in total. The zero-order valence-electron chi connectivity index (χ0n) is 15.5. The fourth-order valence-corrected chi connectivity index (χ4v) is 3.53. The van der Waals surface area contributed by atoms with E-state index in [2.05, 4.69) is 5.32 Å². The molecule has 0 fully saturated rings. The van der Waals surface area contributed by atoms with Crippen LogP contribution in [0, 0.1) is 0 Å². The summed E-state index contributed by atoms with van der Waals surface area (Å²) in [6, 6.07) is 14.1. The molecule has 8 heteroatoms. The second-order valence-corrected chi connectivity index (χ2v) is 7.43. The molecule has 150 valence electrons. The highest BCUT2D eigenvalue weighted by Gasteiger charge is 2.33. The molecule has 28 heavy (non-hydrogen) atoms. The number of hydrogen-bond donors (Lipinski definition) is 1. The average Bonchev–Trinajstić information content (AvgIpc) is 2.66. The van der Waals surface area contributed by atoms with E-state index in [0.29, 0.717) is 0 Å². The lowest BCUT2D eigenvalue weighted by molar-refractivity contribution is -0.137. The van der Waals surface area contributed by atoms with Gasteiger partial charge in [-0.05, 0) is 38.1 Å². The number of carbonyl (C=O) groups is 2. The first kappa shape index (κ1) is 21.8. The normalized spacial score (nSPS) is 12.3. The van der Waals surface area contributed by atoms with Crippen LogP contribution in [0.2, 0.25) is 0 Å². The van der Waals surface area contributed by atoms with Crippen LogP contribution in [0.4, 0.5) is 18.9 Å². The van der Waals surface area contributed by atoms with Gasteiger partial charge in [-0.1, -0.05) is 30.3 Å². The highest BCUT2D eigenvalue weighted by Crippen LogP contribution is 2.34. The highest BCUT2D eigenvalue weighted by atomic mass is 32.2. The highest BCUT2D eigenvalue weighted by molar-refractivity contribution is 8.00. The third-order valence-corrected chi connectivity index (χ3v) is 5.04. The van der Waals surface area contributed by atoms with Crippen molar-refractivity contribution < 1.29 is 22.8 Å². The maximum atomic E-state index is 13.0. The number of carbonyl (C=O) groups excluding carboxylic acids is 2. The molecule has 1 unspecified atom stereocenters. The van der Waals surface area contributed by atoms with Crippen molar-refractivity contribution in [1.29, 1.82) is 0 Å². The first-order valence-corrected chi connectivity index (χ1v) is 9.57. The summed E-state index contributed by atoms with van der Waals surface area (Å²) in [5, 5.41) is 1.83. The Morgan fingerprint density at radius 3 is 2.29 bits per heavy atom. The fraction of sp³-hybridized carbons (Fsp3) is 0.300. The molecule has 0 saturated heterocycles. The van der Waals surface area contributed by atoms with Gasteiger partial charge >= 0.3 is 6.18 Å². The van der Waals surface area contributed by atoms with Crippen LogP contribution in [0.1, 0.15) is 19.4 Å². The molecule has 0 radical (unpaired) electrons. The third-order valence-electron chi connectivity index (χ3n) is 3.94.